The molecule has 0 spiro atoms. The number of methoxy groups -OCH3 is 1. The van der Waals surface area contributed by atoms with Gasteiger partial charge in [0.15, 0.2) is 0 Å². The summed E-state index contributed by atoms with van der Waals surface area (Å²) in [5.41, 5.74) is 1.81. The third-order valence-corrected chi connectivity index (χ3v) is 6.23. The molecule has 0 aromatic heterocycles. The number of para-hydroxylation sites is 1. The van der Waals surface area contributed by atoms with Crippen LogP contribution in [0.2, 0.25) is 0 Å². The summed E-state index contributed by atoms with van der Waals surface area (Å²) >= 11 is 0. The van der Waals surface area contributed by atoms with Crippen molar-refractivity contribution in [3.05, 3.63) is 65.7 Å². The highest BCUT2D eigenvalue weighted by Crippen LogP contribution is 2.51. The summed E-state index contributed by atoms with van der Waals surface area (Å²) in [6, 6.07) is 18.4. The Balaban J connectivity index is 1.54. The van der Waals surface area contributed by atoms with Crippen molar-refractivity contribution in [2.24, 2.45) is 0 Å². The molecule has 2 fully saturated rings. The molecule has 1 aliphatic heterocycles. The number of amides is 1. The van der Waals surface area contributed by atoms with Crippen molar-refractivity contribution in [1.82, 2.24) is 5.32 Å². The van der Waals surface area contributed by atoms with Crippen molar-refractivity contribution in [3.8, 4) is 5.75 Å². The lowest BCUT2D eigenvalue weighted by molar-refractivity contribution is -0.124. The van der Waals surface area contributed by atoms with Gasteiger partial charge < -0.3 is 14.8 Å². The van der Waals surface area contributed by atoms with Gasteiger partial charge in [0.2, 0.25) is 5.91 Å². The fourth-order valence-corrected chi connectivity index (χ4v) is 4.32. The largest absolute Gasteiger partial charge is 0.496 e. The highest BCUT2D eigenvalue weighted by molar-refractivity contribution is 5.92. The molecule has 142 valence electrons. The number of hydrogen-bond donors (Lipinski definition) is 1. The van der Waals surface area contributed by atoms with Crippen molar-refractivity contribution in [2.75, 3.05) is 26.9 Å². The van der Waals surface area contributed by atoms with Gasteiger partial charge in [-0.05, 0) is 37.3 Å². The normalized spacial score (nSPS) is 19.9. The summed E-state index contributed by atoms with van der Waals surface area (Å²) in [5, 5.41) is 3.29. The van der Waals surface area contributed by atoms with E-state index in [0.29, 0.717) is 6.54 Å². The SMILES string of the molecule is COc1ccccc1C1(C(=O)NCC2(c3ccccc3)CCOCC2)CC1. The highest BCUT2D eigenvalue weighted by Gasteiger charge is 2.53. The first-order chi connectivity index (χ1) is 13.2. The second kappa shape index (κ2) is 7.35. The van der Waals surface area contributed by atoms with E-state index in [2.05, 4.69) is 29.6 Å². The molecule has 0 unspecified atom stereocenters. The van der Waals surface area contributed by atoms with Crippen LogP contribution in [0.4, 0.5) is 0 Å². The van der Waals surface area contributed by atoms with Crippen molar-refractivity contribution in [3.63, 3.8) is 0 Å². The van der Waals surface area contributed by atoms with E-state index >= 15 is 0 Å². The zero-order chi connectivity index (χ0) is 18.7. The lowest BCUT2D eigenvalue weighted by Crippen LogP contribution is -2.47. The van der Waals surface area contributed by atoms with Crippen LogP contribution in [0.25, 0.3) is 0 Å². The summed E-state index contributed by atoms with van der Waals surface area (Å²) in [6.07, 6.45) is 3.61. The van der Waals surface area contributed by atoms with Gasteiger partial charge in [-0.25, -0.2) is 0 Å². The molecule has 1 aliphatic carbocycles. The van der Waals surface area contributed by atoms with Gasteiger partial charge in [-0.2, -0.15) is 0 Å². The van der Waals surface area contributed by atoms with E-state index in [4.69, 9.17) is 9.47 Å². The lowest BCUT2D eigenvalue weighted by Gasteiger charge is -2.38. The van der Waals surface area contributed by atoms with Gasteiger partial charge in [0.25, 0.3) is 0 Å². The summed E-state index contributed by atoms with van der Waals surface area (Å²) in [7, 11) is 1.67. The third kappa shape index (κ3) is 3.34. The van der Waals surface area contributed by atoms with Crippen LogP contribution in [0, 0.1) is 0 Å². The molecule has 4 heteroatoms. The molecule has 2 aromatic rings. The maximum Gasteiger partial charge on any atom is 0.230 e. The first-order valence-corrected chi connectivity index (χ1v) is 9.75. The maximum absolute atomic E-state index is 13.2. The summed E-state index contributed by atoms with van der Waals surface area (Å²) in [5.74, 6) is 0.919. The molecular weight excluding hydrogens is 338 g/mol. The minimum Gasteiger partial charge on any atom is -0.496 e. The van der Waals surface area contributed by atoms with E-state index in [-0.39, 0.29) is 11.3 Å². The maximum atomic E-state index is 13.2. The van der Waals surface area contributed by atoms with Crippen LogP contribution in [0.15, 0.2) is 54.6 Å². The third-order valence-electron chi connectivity index (χ3n) is 6.23. The summed E-state index contributed by atoms with van der Waals surface area (Å²) in [4.78, 5) is 13.2. The number of benzene rings is 2. The molecule has 27 heavy (non-hydrogen) atoms. The van der Waals surface area contributed by atoms with Crippen LogP contribution in [0.1, 0.15) is 36.8 Å². The average molecular weight is 365 g/mol. The van der Waals surface area contributed by atoms with Gasteiger partial charge in [-0.3, -0.25) is 4.79 Å². The molecule has 4 nitrogen and oxygen atoms in total. The number of carbonyl (C=O) groups excluding carboxylic acids is 1. The minimum atomic E-state index is -0.435. The molecule has 1 N–H and O–H groups in total. The van der Waals surface area contributed by atoms with E-state index in [1.54, 1.807) is 7.11 Å². The lowest BCUT2D eigenvalue weighted by atomic mass is 9.74. The number of nitrogens with one attached hydrogen (secondary N) is 1. The Kier molecular flexibility index (Phi) is 4.92. The average Bonchev–Trinajstić information content (AvgIpc) is 3.55. The summed E-state index contributed by atoms with van der Waals surface area (Å²) < 4.78 is 11.1. The topological polar surface area (TPSA) is 47.6 Å². The van der Waals surface area contributed by atoms with Gasteiger partial charge in [0.1, 0.15) is 5.75 Å². The van der Waals surface area contributed by atoms with Gasteiger partial charge in [-0.15, -0.1) is 0 Å². The van der Waals surface area contributed by atoms with Crippen LogP contribution in [-0.2, 0) is 20.4 Å². The second-order valence-corrected chi connectivity index (χ2v) is 7.72. The Labute approximate surface area is 160 Å². The van der Waals surface area contributed by atoms with Crippen LogP contribution in [0.5, 0.6) is 5.75 Å². The fourth-order valence-electron chi connectivity index (χ4n) is 4.32. The molecule has 2 aliphatic rings. The van der Waals surface area contributed by atoms with Crippen LogP contribution < -0.4 is 10.1 Å². The van der Waals surface area contributed by atoms with Gasteiger partial charge in [0.05, 0.1) is 12.5 Å². The van der Waals surface area contributed by atoms with E-state index in [0.717, 1.165) is 50.2 Å². The monoisotopic (exact) mass is 365 g/mol. The summed E-state index contributed by atoms with van der Waals surface area (Å²) in [6.45, 7) is 2.13. The van der Waals surface area contributed by atoms with Crippen LogP contribution in [-0.4, -0.2) is 32.8 Å². The Hall–Kier alpha value is -2.33. The molecule has 1 heterocycles. The van der Waals surface area contributed by atoms with Crippen molar-refractivity contribution in [2.45, 2.75) is 36.5 Å². The van der Waals surface area contributed by atoms with E-state index in [1.165, 1.54) is 5.56 Å². The van der Waals surface area contributed by atoms with Crippen LogP contribution in [0.3, 0.4) is 0 Å². The van der Waals surface area contributed by atoms with Gasteiger partial charge >= 0.3 is 0 Å². The molecule has 0 atom stereocenters. The predicted octanol–water partition coefficient (Wildman–Crippen LogP) is 3.59. The molecule has 1 amide bonds. The number of rotatable bonds is 6. The smallest absolute Gasteiger partial charge is 0.230 e. The standard InChI is InChI=1S/C23H27NO3/c1-26-20-10-6-5-9-19(20)23(11-12-23)21(25)24-17-22(13-15-27-16-14-22)18-7-3-2-4-8-18/h2-10H,11-17H2,1H3,(H,24,25). The highest BCUT2D eigenvalue weighted by atomic mass is 16.5. The number of ether oxygens (including phenoxy) is 2. The molecule has 0 bridgehead atoms. The number of hydrogen-bond acceptors (Lipinski definition) is 3. The zero-order valence-electron chi connectivity index (χ0n) is 15.9. The Morgan fingerprint density at radius 1 is 1.00 bits per heavy atom. The van der Waals surface area contributed by atoms with E-state index in [1.807, 2.05) is 30.3 Å². The van der Waals surface area contributed by atoms with Gasteiger partial charge in [0, 0.05) is 30.7 Å². The molecule has 1 saturated heterocycles. The van der Waals surface area contributed by atoms with Crippen molar-refractivity contribution >= 4 is 5.91 Å². The predicted molar refractivity (Wildman–Crippen MR) is 105 cm³/mol. The minimum absolute atomic E-state index is 0.0496. The Morgan fingerprint density at radius 2 is 1.67 bits per heavy atom. The van der Waals surface area contributed by atoms with E-state index in [9.17, 15) is 4.79 Å². The van der Waals surface area contributed by atoms with Gasteiger partial charge in [-0.1, -0.05) is 48.5 Å². The van der Waals surface area contributed by atoms with Crippen molar-refractivity contribution in [1.29, 1.82) is 0 Å². The molecule has 0 radical (unpaired) electrons. The molecule has 4 rings (SSSR count). The van der Waals surface area contributed by atoms with E-state index < -0.39 is 5.41 Å². The Bertz CT molecular complexity index is 792. The first-order valence-electron chi connectivity index (χ1n) is 9.75. The fraction of sp³-hybridized carbons (Fsp3) is 0.435. The van der Waals surface area contributed by atoms with Crippen molar-refractivity contribution < 1.29 is 14.3 Å². The zero-order valence-corrected chi connectivity index (χ0v) is 15.9. The number of carbonyl (C=O) groups is 1. The molecule has 2 aromatic carbocycles. The van der Waals surface area contributed by atoms with Crippen LogP contribution >= 0.6 is 0 Å². The quantitative estimate of drug-likeness (QED) is 0.851. The molecular formula is C23H27NO3. The first kappa shape index (κ1) is 18.1. The second-order valence-electron chi connectivity index (χ2n) is 7.72. The molecule has 1 saturated carbocycles. The Morgan fingerprint density at radius 3 is 2.33 bits per heavy atom.